The number of aromatic amines is 1. The Balaban J connectivity index is 2.79. The second kappa shape index (κ2) is 2.20. The van der Waals surface area contributed by atoms with Crippen molar-refractivity contribution in [2.75, 3.05) is 0 Å². The second-order valence-corrected chi connectivity index (χ2v) is 3.61. The number of imidazole rings is 1. The lowest BCUT2D eigenvalue weighted by Crippen LogP contribution is -2.09. The summed E-state index contributed by atoms with van der Waals surface area (Å²) in [6.45, 7) is 0. The van der Waals surface area contributed by atoms with Crippen molar-refractivity contribution in [2.45, 2.75) is 0 Å². The van der Waals surface area contributed by atoms with Crippen LogP contribution >= 0.6 is 11.3 Å². The van der Waals surface area contributed by atoms with Crippen molar-refractivity contribution in [3.63, 3.8) is 0 Å². The number of nitrogens with one attached hydrogen (secondary N) is 1. The summed E-state index contributed by atoms with van der Waals surface area (Å²) in [7, 11) is 0. The van der Waals surface area contributed by atoms with E-state index in [2.05, 4.69) is 9.97 Å². The molecule has 0 saturated carbocycles. The molecule has 0 aromatic carbocycles. The molecular formula is C8H5N3OS. The summed E-state index contributed by atoms with van der Waals surface area (Å²) in [5.74, 6) is 0. The molecule has 64 valence electrons. The van der Waals surface area contributed by atoms with Crippen LogP contribution in [-0.4, -0.2) is 14.4 Å². The van der Waals surface area contributed by atoms with E-state index in [0.717, 1.165) is 10.3 Å². The summed E-state index contributed by atoms with van der Waals surface area (Å²) in [5.41, 5.74) is 1.17. The van der Waals surface area contributed by atoms with Crippen molar-refractivity contribution in [2.24, 2.45) is 0 Å². The summed E-state index contributed by atoms with van der Waals surface area (Å²) in [6.07, 6.45) is 3.42. The molecule has 0 bridgehead atoms. The van der Waals surface area contributed by atoms with E-state index < -0.39 is 0 Å². The molecular weight excluding hydrogens is 186 g/mol. The predicted octanol–water partition coefficient (Wildman–Crippen LogP) is 1.24. The fourth-order valence-corrected chi connectivity index (χ4v) is 2.24. The molecule has 5 heteroatoms. The van der Waals surface area contributed by atoms with E-state index in [0.29, 0.717) is 5.65 Å². The molecule has 3 aromatic rings. The lowest BCUT2D eigenvalue weighted by Gasteiger charge is -1.93. The number of H-pyrrole nitrogens is 1. The highest BCUT2D eigenvalue weighted by atomic mass is 32.1. The second-order valence-electron chi connectivity index (χ2n) is 2.71. The highest BCUT2D eigenvalue weighted by Crippen LogP contribution is 2.17. The van der Waals surface area contributed by atoms with Gasteiger partial charge in [0.15, 0.2) is 0 Å². The highest BCUT2D eigenvalue weighted by Gasteiger charge is 2.04. The van der Waals surface area contributed by atoms with Gasteiger partial charge in [0.25, 0.3) is 5.56 Å². The van der Waals surface area contributed by atoms with Gasteiger partial charge in [-0.2, -0.15) is 0 Å². The molecule has 0 atom stereocenters. The smallest absolute Gasteiger partial charge is 0.292 e. The predicted molar refractivity (Wildman–Crippen MR) is 51.2 cm³/mol. The minimum absolute atomic E-state index is 0.143. The first-order valence-corrected chi connectivity index (χ1v) is 4.67. The lowest BCUT2D eigenvalue weighted by molar-refractivity contribution is 1.18. The van der Waals surface area contributed by atoms with Gasteiger partial charge in [-0.05, 0) is 11.4 Å². The standard InChI is InChI=1S/C8H5N3OS/c12-7-6-9-2-3-11(6)8-5(10-7)1-4-13-8/h1-4H,(H,10,12). The SMILES string of the molecule is O=c1[nH]c2ccsc2n2ccnc12. The topological polar surface area (TPSA) is 50.2 Å². The normalized spacial score (nSPS) is 11.4. The number of aromatic nitrogens is 3. The van der Waals surface area contributed by atoms with Crippen LogP contribution in [0.2, 0.25) is 0 Å². The molecule has 0 amide bonds. The number of rotatable bonds is 0. The molecule has 0 aliphatic carbocycles. The Morgan fingerprint density at radius 3 is 3.38 bits per heavy atom. The van der Waals surface area contributed by atoms with Crippen molar-refractivity contribution in [3.8, 4) is 0 Å². The molecule has 0 radical (unpaired) electrons. The Morgan fingerprint density at radius 1 is 1.54 bits per heavy atom. The van der Waals surface area contributed by atoms with Crippen molar-refractivity contribution >= 4 is 27.3 Å². The van der Waals surface area contributed by atoms with Crippen LogP contribution in [0.15, 0.2) is 28.6 Å². The monoisotopic (exact) mass is 191 g/mol. The van der Waals surface area contributed by atoms with Crippen molar-refractivity contribution < 1.29 is 0 Å². The Hall–Kier alpha value is -1.62. The summed E-state index contributed by atoms with van der Waals surface area (Å²) in [6, 6.07) is 1.89. The first kappa shape index (κ1) is 6.85. The molecule has 3 rings (SSSR count). The third-order valence-corrected chi connectivity index (χ3v) is 2.87. The van der Waals surface area contributed by atoms with Gasteiger partial charge >= 0.3 is 0 Å². The van der Waals surface area contributed by atoms with Gasteiger partial charge in [-0.3, -0.25) is 9.20 Å². The van der Waals surface area contributed by atoms with E-state index >= 15 is 0 Å². The minimum atomic E-state index is -0.143. The molecule has 13 heavy (non-hydrogen) atoms. The molecule has 0 unspecified atom stereocenters. The van der Waals surface area contributed by atoms with Crippen LogP contribution in [0.5, 0.6) is 0 Å². The summed E-state index contributed by atoms with van der Waals surface area (Å²) in [5, 5.41) is 1.94. The van der Waals surface area contributed by atoms with Gasteiger partial charge in [0.2, 0.25) is 5.65 Å². The maximum Gasteiger partial charge on any atom is 0.292 e. The molecule has 3 aromatic heterocycles. The maximum atomic E-state index is 11.4. The van der Waals surface area contributed by atoms with Crippen LogP contribution in [0, 0.1) is 0 Å². The number of hydrogen-bond acceptors (Lipinski definition) is 3. The Kier molecular flexibility index (Phi) is 1.16. The third kappa shape index (κ3) is 0.790. The van der Waals surface area contributed by atoms with E-state index in [-0.39, 0.29) is 5.56 Å². The number of fused-ring (bicyclic) bond motifs is 3. The van der Waals surface area contributed by atoms with Gasteiger partial charge in [-0.25, -0.2) is 4.98 Å². The van der Waals surface area contributed by atoms with Crippen LogP contribution < -0.4 is 5.56 Å². The Morgan fingerprint density at radius 2 is 2.46 bits per heavy atom. The molecule has 0 saturated heterocycles. The average molecular weight is 191 g/mol. The van der Waals surface area contributed by atoms with Crippen LogP contribution in [0.4, 0.5) is 0 Å². The summed E-state index contributed by atoms with van der Waals surface area (Å²) >= 11 is 1.58. The zero-order chi connectivity index (χ0) is 8.84. The largest absolute Gasteiger partial charge is 0.317 e. The highest BCUT2D eigenvalue weighted by molar-refractivity contribution is 7.16. The molecule has 0 fully saturated rings. The van der Waals surface area contributed by atoms with E-state index in [1.807, 2.05) is 11.4 Å². The maximum absolute atomic E-state index is 11.4. The third-order valence-electron chi connectivity index (χ3n) is 1.96. The lowest BCUT2D eigenvalue weighted by atomic mass is 10.5. The van der Waals surface area contributed by atoms with Crippen LogP contribution in [0.1, 0.15) is 0 Å². The first-order valence-electron chi connectivity index (χ1n) is 3.79. The van der Waals surface area contributed by atoms with E-state index in [1.165, 1.54) is 0 Å². The van der Waals surface area contributed by atoms with E-state index in [1.54, 1.807) is 28.1 Å². The first-order chi connectivity index (χ1) is 6.36. The van der Waals surface area contributed by atoms with Crippen molar-refractivity contribution in [3.05, 3.63) is 34.2 Å². The van der Waals surface area contributed by atoms with Crippen molar-refractivity contribution in [1.29, 1.82) is 0 Å². The summed E-state index contributed by atoms with van der Waals surface area (Å²) < 4.78 is 1.80. The van der Waals surface area contributed by atoms with E-state index in [4.69, 9.17) is 0 Å². The van der Waals surface area contributed by atoms with Crippen LogP contribution in [0.25, 0.3) is 16.0 Å². The van der Waals surface area contributed by atoms with Gasteiger partial charge in [0, 0.05) is 12.4 Å². The van der Waals surface area contributed by atoms with Gasteiger partial charge in [0.1, 0.15) is 4.83 Å². The Bertz CT molecular complexity index is 633. The summed E-state index contributed by atoms with van der Waals surface area (Å²) in [4.78, 5) is 19.2. The molecule has 0 aliphatic rings. The quantitative estimate of drug-likeness (QED) is 0.581. The van der Waals surface area contributed by atoms with Gasteiger partial charge in [0.05, 0.1) is 5.52 Å². The minimum Gasteiger partial charge on any atom is -0.317 e. The zero-order valence-corrected chi connectivity index (χ0v) is 7.34. The molecule has 0 spiro atoms. The number of nitrogens with zero attached hydrogens (tertiary/aromatic N) is 2. The number of thiophene rings is 1. The number of hydrogen-bond donors (Lipinski definition) is 1. The molecule has 1 N–H and O–H groups in total. The van der Waals surface area contributed by atoms with E-state index in [9.17, 15) is 4.79 Å². The van der Waals surface area contributed by atoms with Crippen LogP contribution in [0.3, 0.4) is 0 Å². The molecule has 3 heterocycles. The fourth-order valence-electron chi connectivity index (χ4n) is 1.40. The van der Waals surface area contributed by atoms with Crippen molar-refractivity contribution in [1.82, 2.24) is 14.4 Å². The van der Waals surface area contributed by atoms with Gasteiger partial charge in [-0.15, -0.1) is 11.3 Å². The van der Waals surface area contributed by atoms with Gasteiger partial charge < -0.3 is 4.98 Å². The molecule has 0 aliphatic heterocycles. The zero-order valence-electron chi connectivity index (χ0n) is 6.52. The van der Waals surface area contributed by atoms with Crippen LogP contribution in [-0.2, 0) is 0 Å². The van der Waals surface area contributed by atoms with Gasteiger partial charge in [-0.1, -0.05) is 0 Å². The molecule has 4 nitrogen and oxygen atoms in total. The fraction of sp³-hybridized carbons (Fsp3) is 0. The average Bonchev–Trinajstić information content (AvgIpc) is 2.66. The Labute approximate surface area is 76.5 Å².